The molecule has 1 aliphatic rings. The summed E-state index contributed by atoms with van der Waals surface area (Å²) in [5, 5.41) is 8.79. The molecular weight excluding hydrogens is 220 g/mol. The molecule has 1 N–H and O–H groups in total. The predicted molar refractivity (Wildman–Crippen MR) is 64.8 cm³/mol. The van der Waals surface area contributed by atoms with Gasteiger partial charge in [0.15, 0.2) is 0 Å². The number of carbonyl (C=O) groups excluding carboxylic acids is 1. The zero-order valence-corrected chi connectivity index (χ0v) is 10.5. The Morgan fingerprint density at radius 3 is 2.71 bits per heavy atom. The molecule has 0 aromatic heterocycles. The number of carboxylic acids is 1. The lowest BCUT2D eigenvalue weighted by molar-refractivity contribution is -0.137. The van der Waals surface area contributed by atoms with Crippen LogP contribution in [-0.4, -0.2) is 53.1 Å². The van der Waals surface area contributed by atoms with E-state index in [1.54, 1.807) is 16.8 Å². The Hall–Kier alpha value is -1.52. The van der Waals surface area contributed by atoms with E-state index < -0.39 is 5.97 Å². The molecule has 1 unspecified atom stereocenters. The number of aliphatic carboxylic acids is 1. The number of likely N-dealkylation sites (N-methyl/N-ethyl adjacent to an activating group) is 1. The molecule has 0 aromatic rings. The lowest BCUT2D eigenvalue weighted by Crippen LogP contribution is -2.44. The van der Waals surface area contributed by atoms with Crippen LogP contribution in [0.3, 0.4) is 0 Å². The van der Waals surface area contributed by atoms with Gasteiger partial charge in [-0.15, -0.1) is 0 Å². The number of hydrogen-bond acceptors (Lipinski definition) is 2. The van der Waals surface area contributed by atoms with E-state index in [2.05, 4.69) is 6.58 Å². The Balaban J connectivity index is 2.60. The third-order valence-corrected chi connectivity index (χ3v) is 2.87. The maximum absolute atomic E-state index is 12.1. The standard InChI is InChI=1S/C12H20N2O3/c1-9(2)8-13(3)12(17)14-6-4-5-10(14)7-11(15)16/h10H,1,4-8H2,2-3H3,(H,15,16). The third-order valence-electron chi connectivity index (χ3n) is 2.87. The monoisotopic (exact) mass is 240 g/mol. The van der Waals surface area contributed by atoms with Crippen molar-refractivity contribution in [2.24, 2.45) is 0 Å². The van der Waals surface area contributed by atoms with Crippen LogP contribution in [0.4, 0.5) is 4.79 Å². The topological polar surface area (TPSA) is 60.9 Å². The molecule has 17 heavy (non-hydrogen) atoms. The van der Waals surface area contributed by atoms with E-state index in [9.17, 15) is 9.59 Å². The van der Waals surface area contributed by atoms with Crippen LogP contribution in [0.5, 0.6) is 0 Å². The second-order valence-electron chi connectivity index (χ2n) is 4.68. The molecule has 1 rings (SSSR count). The Morgan fingerprint density at radius 1 is 1.53 bits per heavy atom. The molecule has 96 valence electrons. The fourth-order valence-corrected chi connectivity index (χ4v) is 2.19. The smallest absolute Gasteiger partial charge is 0.320 e. The van der Waals surface area contributed by atoms with Crippen LogP contribution in [0, 0.1) is 0 Å². The van der Waals surface area contributed by atoms with Crippen LogP contribution >= 0.6 is 0 Å². The molecule has 0 saturated carbocycles. The zero-order valence-electron chi connectivity index (χ0n) is 10.5. The minimum absolute atomic E-state index is 0.0344. The summed E-state index contributed by atoms with van der Waals surface area (Å²) in [5.74, 6) is -0.850. The molecule has 1 aliphatic heterocycles. The van der Waals surface area contributed by atoms with Crippen LogP contribution < -0.4 is 0 Å². The van der Waals surface area contributed by atoms with Gasteiger partial charge < -0.3 is 14.9 Å². The molecule has 1 heterocycles. The zero-order chi connectivity index (χ0) is 13.0. The van der Waals surface area contributed by atoms with Crippen LogP contribution in [-0.2, 0) is 4.79 Å². The van der Waals surface area contributed by atoms with Crippen molar-refractivity contribution in [3.05, 3.63) is 12.2 Å². The van der Waals surface area contributed by atoms with Crippen molar-refractivity contribution >= 4 is 12.0 Å². The summed E-state index contributed by atoms with van der Waals surface area (Å²) in [6.07, 6.45) is 1.69. The van der Waals surface area contributed by atoms with Gasteiger partial charge in [0.1, 0.15) is 0 Å². The second-order valence-corrected chi connectivity index (χ2v) is 4.68. The lowest BCUT2D eigenvalue weighted by atomic mass is 10.1. The van der Waals surface area contributed by atoms with Crippen molar-refractivity contribution < 1.29 is 14.7 Å². The van der Waals surface area contributed by atoms with E-state index in [1.807, 2.05) is 6.92 Å². The number of rotatable bonds is 4. The van der Waals surface area contributed by atoms with Crippen molar-refractivity contribution in [3.8, 4) is 0 Å². The molecule has 1 saturated heterocycles. The fraction of sp³-hybridized carbons (Fsp3) is 0.667. The molecule has 2 amide bonds. The average Bonchev–Trinajstić information content (AvgIpc) is 2.62. The Labute approximate surface area is 102 Å². The number of urea groups is 1. The van der Waals surface area contributed by atoms with Crippen LogP contribution in [0.1, 0.15) is 26.2 Å². The Kier molecular flexibility index (Phi) is 4.54. The molecule has 0 spiro atoms. The fourth-order valence-electron chi connectivity index (χ4n) is 2.19. The quantitative estimate of drug-likeness (QED) is 0.758. The second kappa shape index (κ2) is 5.70. The number of amides is 2. The molecule has 0 bridgehead atoms. The normalized spacial score (nSPS) is 19.2. The summed E-state index contributed by atoms with van der Waals surface area (Å²) < 4.78 is 0. The number of likely N-dealkylation sites (tertiary alicyclic amines) is 1. The van der Waals surface area contributed by atoms with Crippen molar-refractivity contribution in [1.82, 2.24) is 9.80 Å². The highest BCUT2D eigenvalue weighted by molar-refractivity contribution is 5.76. The first kappa shape index (κ1) is 13.5. The maximum atomic E-state index is 12.1. The van der Waals surface area contributed by atoms with Gasteiger partial charge in [0.2, 0.25) is 0 Å². The third kappa shape index (κ3) is 3.76. The summed E-state index contributed by atoms with van der Waals surface area (Å²) in [7, 11) is 1.72. The van der Waals surface area contributed by atoms with Gasteiger partial charge in [-0.25, -0.2) is 4.79 Å². The summed E-state index contributed by atoms with van der Waals surface area (Å²) in [6.45, 7) is 6.79. The highest BCUT2D eigenvalue weighted by Gasteiger charge is 2.31. The van der Waals surface area contributed by atoms with E-state index in [-0.39, 0.29) is 18.5 Å². The molecule has 0 aliphatic carbocycles. The predicted octanol–water partition coefficient (Wildman–Crippen LogP) is 1.55. The van der Waals surface area contributed by atoms with E-state index in [0.717, 1.165) is 18.4 Å². The van der Waals surface area contributed by atoms with Crippen molar-refractivity contribution in [2.45, 2.75) is 32.2 Å². The first-order valence-electron chi connectivity index (χ1n) is 5.79. The van der Waals surface area contributed by atoms with Gasteiger partial charge in [0.05, 0.1) is 6.42 Å². The van der Waals surface area contributed by atoms with Crippen molar-refractivity contribution in [1.29, 1.82) is 0 Å². The highest BCUT2D eigenvalue weighted by atomic mass is 16.4. The number of carboxylic acid groups (broad SMARTS) is 1. The van der Waals surface area contributed by atoms with E-state index >= 15 is 0 Å². The minimum atomic E-state index is -0.850. The first-order valence-corrected chi connectivity index (χ1v) is 5.79. The first-order chi connectivity index (χ1) is 7.91. The number of nitrogens with zero attached hydrogens (tertiary/aromatic N) is 2. The molecular formula is C12H20N2O3. The Bertz CT molecular complexity index is 328. The van der Waals surface area contributed by atoms with Gasteiger partial charge in [-0.3, -0.25) is 4.79 Å². The van der Waals surface area contributed by atoms with Gasteiger partial charge in [-0.05, 0) is 19.8 Å². The summed E-state index contributed by atoms with van der Waals surface area (Å²) >= 11 is 0. The van der Waals surface area contributed by atoms with Gasteiger partial charge in [0, 0.05) is 26.2 Å². The Morgan fingerprint density at radius 2 is 2.18 bits per heavy atom. The maximum Gasteiger partial charge on any atom is 0.320 e. The summed E-state index contributed by atoms with van der Waals surface area (Å²) in [6, 6.07) is -0.260. The van der Waals surface area contributed by atoms with Gasteiger partial charge in [0.25, 0.3) is 0 Å². The van der Waals surface area contributed by atoms with Crippen LogP contribution in [0.15, 0.2) is 12.2 Å². The summed E-state index contributed by atoms with van der Waals surface area (Å²) in [5.41, 5.74) is 0.912. The molecule has 0 radical (unpaired) electrons. The van der Waals surface area contributed by atoms with E-state index in [1.165, 1.54) is 0 Å². The molecule has 5 heteroatoms. The highest BCUT2D eigenvalue weighted by Crippen LogP contribution is 2.21. The minimum Gasteiger partial charge on any atom is -0.481 e. The van der Waals surface area contributed by atoms with Gasteiger partial charge in [-0.2, -0.15) is 0 Å². The molecule has 1 atom stereocenters. The van der Waals surface area contributed by atoms with Crippen molar-refractivity contribution in [3.63, 3.8) is 0 Å². The molecule has 5 nitrogen and oxygen atoms in total. The van der Waals surface area contributed by atoms with E-state index in [0.29, 0.717) is 13.1 Å². The van der Waals surface area contributed by atoms with Crippen LogP contribution in [0.25, 0.3) is 0 Å². The van der Waals surface area contributed by atoms with Gasteiger partial charge in [-0.1, -0.05) is 12.2 Å². The number of hydrogen-bond donors (Lipinski definition) is 1. The lowest BCUT2D eigenvalue weighted by Gasteiger charge is -2.29. The van der Waals surface area contributed by atoms with Gasteiger partial charge >= 0.3 is 12.0 Å². The largest absolute Gasteiger partial charge is 0.481 e. The van der Waals surface area contributed by atoms with Crippen molar-refractivity contribution in [2.75, 3.05) is 20.1 Å². The van der Waals surface area contributed by atoms with E-state index in [4.69, 9.17) is 5.11 Å². The van der Waals surface area contributed by atoms with Crippen LogP contribution in [0.2, 0.25) is 0 Å². The number of carbonyl (C=O) groups is 2. The molecule has 0 aromatic carbocycles. The molecule has 1 fully saturated rings. The SMILES string of the molecule is C=C(C)CN(C)C(=O)N1CCCC1CC(=O)O. The summed E-state index contributed by atoms with van der Waals surface area (Å²) in [4.78, 5) is 26.0. The average molecular weight is 240 g/mol.